The largest absolute Gasteiger partial charge is 0.391 e. The Kier molecular flexibility index (Phi) is 3.65. The van der Waals surface area contributed by atoms with Gasteiger partial charge < -0.3 is 9.51 Å². The fraction of sp³-hybridized carbons (Fsp3) is 0.0556. The van der Waals surface area contributed by atoms with E-state index < -0.39 is 0 Å². The minimum Gasteiger partial charge on any atom is -0.391 e. The molecular weight excluding hydrogens is 328 g/mol. The molecule has 114 valence electrons. The average Bonchev–Trinajstić information content (AvgIpc) is 3.21. The van der Waals surface area contributed by atoms with Crippen molar-refractivity contribution in [2.24, 2.45) is 0 Å². The zero-order valence-electron chi connectivity index (χ0n) is 12.1. The van der Waals surface area contributed by atoms with Crippen LogP contribution in [0.5, 0.6) is 0 Å². The molecule has 0 unspecified atom stereocenters. The van der Waals surface area contributed by atoms with Gasteiger partial charge in [-0.05, 0) is 36.4 Å². The first kappa shape index (κ1) is 14.5. The number of pyridine rings is 1. The zero-order valence-corrected chi connectivity index (χ0v) is 13.7. The van der Waals surface area contributed by atoms with Crippen LogP contribution in [0.25, 0.3) is 27.3 Å². The van der Waals surface area contributed by atoms with Gasteiger partial charge >= 0.3 is 0 Å². The second-order valence-corrected chi connectivity index (χ2v) is 6.85. The van der Waals surface area contributed by atoms with Gasteiger partial charge in [-0.15, -0.1) is 11.3 Å². The highest BCUT2D eigenvalue weighted by molar-refractivity contribution is 7.15. The van der Waals surface area contributed by atoms with Crippen LogP contribution in [-0.2, 0) is 6.61 Å². The molecule has 0 aliphatic carbocycles. The zero-order chi connectivity index (χ0) is 15.8. The summed E-state index contributed by atoms with van der Waals surface area (Å²) in [4.78, 5) is 6.75. The number of thiophene rings is 1. The Hall–Kier alpha value is -2.14. The first-order valence-electron chi connectivity index (χ1n) is 7.17. The Balaban J connectivity index is 1.75. The quantitative estimate of drug-likeness (QED) is 0.577. The summed E-state index contributed by atoms with van der Waals surface area (Å²) in [5.41, 5.74) is 3.97. The van der Waals surface area contributed by atoms with Crippen LogP contribution in [0.1, 0.15) is 4.88 Å². The Bertz CT molecular complexity index is 972. The average molecular weight is 341 g/mol. The predicted molar refractivity (Wildman–Crippen MR) is 94.9 cm³/mol. The van der Waals surface area contributed by atoms with Crippen LogP contribution in [0.15, 0.2) is 60.9 Å². The van der Waals surface area contributed by atoms with Gasteiger partial charge in [0.1, 0.15) is 5.65 Å². The molecule has 0 aliphatic heterocycles. The molecule has 4 rings (SSSR count). The lowest BCUT2D eigenvalue weighted by Gasteiger charge is -1.98. The van der Waals surface area contributed by atoms with Crippen LogP contribution in [-0.4, -0.2) is 14.5 Å². The summed E-state index contributed by atoms with van der Waals surface area (Å²) in [5, 5.41) is 9.92. The van der Waals surface area contributed by atoms with Crippen molar-refractivity contribution in [3.63, 3.8) is 0 Å². The van der Waals surface area contributed by atoms with Gasteiger partial charge in [-0.25, -0.2) is 4.98 Å². The normalized spacial score (nSPS) is 11.2. The lowest BCUT2D eigenvalue weighted by Crippen LogP contribution is -1.83. The van der Waals surface area contributed by atoms with Crippen LogP contribution >= 0.6 is 22.9 Å². The van der Waals surface area contributed by atoms with E-state index in [0.717, 1.165) is 37.2 Å². The molecule has 0 saturated carbocycles. The Morgan fingerprint density at radius 2 is 1.74 bits per heavy atom. The van der Waals surface area contributed by atoms with Crippen molar-refractivity contribution >= 4 is 28.6 Å². The van der Waals surface area contributed by atoms with E-state index >= 15 is 0 Å². The number of halogens is 1. The number of hydrogen-bond donors (Lipinski definition) is 1. The van der Waals surface area contributed by atoms with E-state index in [0.29, 0.717) is 0 Å². The minimum atomic E-state index is 0.0820. The molecule has 4 aromatic rings. The molecule has 0 amide bonds. The number of imidazole rings is 1. The number of fused-ring (bicyclic) bond motifs is 1. The fourth-order valence-corrected chi connectivity index (χ4v) is 3.50. The summed E-state index contributed by atoms with van der Waals surface area (Å²) in [7, 11) is 0. The van der Waals surface area contributed by atoms with Crippen LogP contribution in [0.4, 0.5) is 0 Å². The van der Waals surface area contributed by atoms with E-state index in [1.807, 2.05) is 53.1 Å². The lowest BCUT2D eigenvalue weighted by atomic mass is 10.2. The third-order valence-electron chi connectivity index (χ3n) is 3.69. The Labute approximate surface area is 142 Å². The highest BCUT2D eigenvalue weighted by atomic mass is 35.5. The maximum atomic E-state index is 9.20. The van der Waals surface area contributed by atoms with Gasteiger partial charge in [-0.2, -0.15) is 0 Å². The molecule has 0 atom stereocenters. The Morgan fingerprint density at radius 3 is 2.48 bits per heavy atom. The molecule has 0 aliphatic rings. The first-order chi connectivity index (χ1) is 11.2. The molecule has 0 radical (unpaired) electrons. The molecule has 3 heterocycles. The van der Waals surface area contributed by atoms with E-state index in [4.69, 9.17) is 11.6 Å². The molecule has 3 nitrogen and oxygen atoms in total. The predicted octanol–water partition coefficient (Wildman–Crippen LogP) is 4.88. The molecule has 3 aromatic heterocycles. The summed E-state index contributed by atoms with van der Waals surface area (Å²) >= 11 is 7.54. The standard InChI is InChI=1S/C18H13ClN2OS/c19-14-4-1-12(2-5-14)16-10-21-9-13(3-8-18(21)20-16)17-7-6-15(11-22)23-17/h1-10,22H,11H2. The van der Waals surface area contributed by atoms with Crippen LogP contribution in [0, 0.1) is 0 Å². The summed E-state index contributed by atoms with van der Waals surface area (Å²) < 4.78 is 2.03. The molecular formula is C18H13ClN2OS. The number of aliphatic hydroxyl groups is 1. The van der Waals surface area contributed by atoms with Crippen LogP contribution < -0.4 is 0 Å². The summed E-state index contributed by atoms with van der Waals surface area (Å²) in [6.45, 7) is 0.0820. The fourth-order valence-electron chi connectivity index (χ4n) is 2.52. The van der Waals surface area contributed by atoms with Crippen LogP contribution in [0.3, 0.4) is 0 Å². The van der Waals surface area contributed by atoms with E-state index in [9.17, 15) is 5.11 Å². The van der Waals surface area contributed by atoms with Crippen molar-refractivity contribution in [3.05, 3.63) is 70.8 Å². The van der Waals surface area contributed by atoms with Gasteiger partial charge in [-0.3, -0.25) is 0 Å². The summed E-state index contributed by atoms with van der Waals surface area (Å²) in [6, 6.07) is 15.7. The maximum absolute atomic E-state index is 9.20. The summed E-state index contributed by atoms with van der Waals surface area (Å²) in [6.07, 6.45) is 4.08. The molecule has 1 aromatic carbocycles. The van der Waals surface area contributed by atoms with Gasteiger partial charge in [0.2, 0.25) is 0 Å². The van der Waals surface area contributed by atoms with E-state index in [-0.39, 0.29) is 6.61 Å². The topological polar surface area (TPSA) is 37.5 Å². The van der Waals surface area contributed by atoms with Crippen molar-refractivity contribution < 1.29 is 5.11 Å². The smallest absolute Gasteiger partial charge is 0.137 e. The highest BCUT2D eigenvalue weighted by Gasteiger charge is 2.07. The second kappa shape index (κ2) is 5.81. The molecule has 0 saturated heterocycles. The van der Waals surface area contributed by atoms with Gasteiger partial charge in [0.15, 0.2) is 0 Å². The monoisotopic (exact) mass is 340 g/mol. The van der Waals surface area contributed by atoms with Crippen LogP contribution in [0.2, 0.25) is 5.02 Å². The van der Waals surface area contributed by atoms with Crippen molar-refractivity contribution in [2.45, 2.75) is 6.61 Å². The molecule has 0 bridgehead atoms. The summed E-state index contributed by atoms with van der Waals surface area (Å²) in [5.74, 6) is 0. The van der Waals surface area contributed by atoms with Gasteiger partial charge in [0.05, 0.1) is 12.3 Å². The van der Waals surface area contributed by atoms with E-state index in [1.54, 1.807) is 11.3 Å². The maximum Gasteiger partial charge on any atom is 0.137 e. The highest BCUT2D eigenvalue weighted by Crippen LogP contribution is 2.29. The minimum absolute atomic E-state index is 0.0820. The van der Waals surface area contributed by atoms with E-state index in [2.05, 4.69) is 17.2 Å². The number of aliphatic hydroxyl groups excluding tert-OH is 1. The van der Waals surface area contributed by atoms with Gasteiger partial charge in [0.25, 0.3) is 0 Å². The second-order valence-electron chi connectivity index (χ2n) is 5.24. The lowest BCUT2D eigenvalue weighted by molar-refractivity contribution is 0.285. The van der Waals surface area contributed by atoms with Crippen molar-refractivity contribution in [1.29, 1.82) is 0 Å². The van der Waals surface area contributed by atoms with Crippen molar-refractivity contribution in [3.8, 4) is 21.7 Å². The Morgan fingerprint density at radius 1 is 0.957 bits per heavy atom. The third kappa shape index (κ3) is 2.77. The van der Waals surface area contributed by atoms with Gasteiger partial charge in [0, 0.05) is 38.3 Å². The molecule has 23 heavy (non-hydrogen) atoms. The number of benzene rings is 1. The SMILES string of the molecule is OCc1ccc(-c2ccc3nc(-c4ccc(Cl)cc4)cn3c2)s1. The third-order valence-corrected chi connectivity index (χ3v) is 5.06. The number of hydrogen-bond acceptors (Lipinski definition) is 3. The molecule has 1 N–H and O–H groups in total. The van der Waals surface area contributed by atoms with Crippen molar-refractivity contribution in [1.82, 2.24) is 9.38 Å². The van der Waals surface area contributed by atoms with Crippen molar-refractivity contribution in [2.75, 3.05) is 0 Å². The van der Waals surface area contributed by atoms with E-state index in [1.165, 1.54) is 0 Å². The number of nitrogens with zero attached hydrogens (tertiary/aromatic N) is 2. The number of rotatable bonds is 3. The van der Waals surface area contributed by atoms with Gasteiger partial charge in [-0.1, -0.05) is 23.7 Å². The first-order valence-corrected chi connectivity index (χ1v) is 8.37. The molecule has 0 fully saturated rings. The molecule has 0 spiro atoms. The number of aromatic nitrogens is 2. The molecule has 5 heteroatoms.